The molecule has 2 heterocycles. The van der Waals surface area contributed by atoms with E-state index < -0.39 is 4.92 Å². The molecule has 1 N–H and O–H groups in total. The first-order valence-corrected chi connectivity index (χ1v) is 7.40. The molecule has 0 unspecified atom stereocenters. The van der Waals surface area contributed by atoms with E-state index in [1.54, 1.807) is 36.7 Å². The average Bonchev–Trinajstić information content (AvgIpc) is 2.96. The third kappa shape index (κ3) is 3.05. The lowest BCUT2D eigenvalue weighted by molar-refractivity contribution is -0.380. The zero-order valence-electron chi connectivity index (χ0n) is 11.1. The summed E-state index contributed by atoms with van der Waals surface area (Å²) in [5, 5.41) is 16.3. The molecule has 6 nitrogen and oxygen atoms in total. The lowest BCUT2D eigenvalue weighted by atomic mass is 10.2. The van der Waals surface area contributed by atoms with Crippen molar-refractivity contribution >= 4 is 50.7 Å². The molecule has 2 aromatic heterocycles. The van der Waals surface area contributed by atoms with Crippen LogP contribution in [-0.4, -0.2) is 16.1 Å². The number of fused-ring (bicyclic) bond motifs is 1. The van der Waals surface area contributed by atoms with Crippen molar-refractivity contribution < 1.29 is 4.92 Å². The van der Waals surface area contributed by atoms with E-state index in [9.17, 15) is 10.1 Å². The topological polar surface area (TPSA) is 80.4 Å². The number of aromatic nitrogens is 1. The maximum atomic E-state index is 10.6. The van der Waals surface area contributed by atoms with Crippen molar-refractivity contribution in [2.45, 2.75) is 0 Å². The Hall–Kier alpha value is -2.51. The van der Waals surface area contributed by atoms with Crippen molar-refractivity contribution in [2.75, 3.05) is 5.43 Å². The van der Waals surface area contributed by atoms with Crippen LogP contribution in [0.3, 0.4) is 0 Å². The Kier molecular flexibility index (Phi) is 3.99. The number of nitrogens with zero attached hydrogens (tertiary/aromatic N) is 3. The number of nitro groups is 1. The lowest BCUT2D eigenvalue weighted by Gasteiger charge is -2.04. The minimum atomic E-state index is -0.421. The Morgan fingerprint density at radius 3 is 2.95 bits per heavy atom. The Bertz CT molecular complexity index is 878. The third-order valence-corrected chi connectivity index (χ3v) is 4.08. The van der Waals surface area contributed by atoms with Crippen LogP contribution in [0.5, 0.6) is 0 Å². The minimum Gasteiger partial charge on any atom is -0.278 e. The van der Waals surface area contributed by atoms with Gasteiger partial charge in [-0.2, -0.15) is 5.10 Å². The third-order valence-electron chi connectivity index (χ3n) is 2.87. The van der Waals surface area contributed by atoms with E-state index in [-0.39, 0.29) is 5.00 Å². The average molecular weight is 333 g/mol. The number of nitrogens with one attached hydrogen (secondary N) is 1. The number of anilines is 1. The summed E-state index contributed by atoms with van der Waals surface area (Å²) in [7, 11) is 0. The normalized spacial score (nSPS) is 11.1. The summed E-state index contributed by atoms with van der Waals surface area (Å²) in [5.74, 6) is 0. The van der Waals surface area contributed by atoms with E-state index in [2.05, 4.69) is 15.5 Å². The summed E-state index contributed by atoms with van der Waals surface area (Å²) in [6.45, 7) is 0. The molecule has 0 amide bonds. The van der Waals surface area contributed by atoms with Crippen molar-refractivity contribution in [3.8, 4) is 0 Å². The van der Waals surface area contributed by atoms with Gasteiger partial charge in [-0.15, -0.1) is 0 Å². The molecule has 0 saturated heterocycles. The number of pyridine rings is 1. The highest BCUT2D eigenvalue weighted by Gasteiger charge is 2.08. The number of rotatable bonds is 4. The maximum Gasteiger partial charge on any atom is 0.324 e. The van der Waals surface area contributed by atoms with Gasteiger partial charge < -0.3 is 0 Å². The van der Waals surface area contributed by atoms with Crippen LogP contribution in [0.15, 0.2) is 47.7 Å². The van der Waals surface area contributed by atoms with Crippen molar-refractivity contribution in [1.82, 2.24) is 4.98 Å². The molecular formula is C14H9ClN4O2S. The van der Waals surface area contributed by atoms with E-state index >= 15 is 0 Å². The van der Waals surface area contributed by atoms with Gasteiger partial charge in [-0.1, -0.05) is 22.9 Å². The quantitative estimate of drug-likeness (QED) is 0.438. The Morgan fingerprint density at radius 1 is 1.32 bits per heavy atom. The summed E-state index contributed by atoms with van der Waals surface area (Å²) in [6, 6.07) is 10.3. The zero-order valence-corrected chi connectivity index (χ0v) is 12.6. The standard InChI is InChI=1S/C14H9ClN4O2S/c15-9-1-3-11-12(5-6-16-13(11)7-9)18-17-8-10-2-4-14(22-10)19(20)21/h1-8H,(H,16,18)/b17-8+. The molecule has 0 saturated carbocycles. The van der Waals surface area contributed by atoms with Gasteiger partial charge in [0.2, 0.25) is 0 Å². The van der Waals surface area contributed by atoms with Crippen LogP contribution < -0.4 is 5.43 Å². The Labute approximate surface area is 134 Å². The second-order valence-corrected chi connectivity index (χ2v) is 5.85. The van der Waals surface area contributed by atoms with Gasteiger partial charge in [0.05, 0.1) is 27.2 Å². The first-order valence-electron chi connectivity index (χ1n) is 6.21. The van der Waals surface area contributed by atoms with E-state index in [0.29, 0.717) is 9.90 Å². The molecule has 3 aromatic rings. The molecule has 0 bridgehead atoms. The van der Waals surface area contributed by atoms with E-state index in [4.69, 9.17) is 11.6 Å². The van der Waals surface area contributed by atoms with Crippen molar-refractivity contribution in [3.05, 3.63) is 62.6 Å². The second-order valence-electron chi connectivity index (χ2n) is 4.32. The highest BCUT2D eigenvalue weighted by atomic mass is 35.5. The fourth-order valence-corrected chi connectivity index (χ4v) is 2.75. The number of hydrazone groups is 1. The molecule has 0 aliphatic rings. The number of thiophene rings is 1. The molecule has 8 heteroatoms. The van der Waals surface area contributed by atoms with Gasteiger partial charge in [-0.25, -0.2) is 0 Å². The molecule has 0 aliphatic carbocycles. The smallest absolute Gasteiger partial charge is 0.278 e. The van der Waals surface area contributed by atoms with Crippen LogP contribution in [-0.2, 0) is 0 Å². The Balaban J connectivity index is 1.81. The predicted molar refractivity (Wildman–Crippen MR) is 88.9 cm³/mol. The van der Waals surface area contributed by atoms with Crippen LogP contribution >= 0.6 is 22.9 Å². The van der Waals surface area contributed by atoms with Gasteiger partial charge in [-0.3, -0.25) is 20.5 Å². The number of benzene rings is 1. The summed E-state index contributed by atoms with van der Waals surface area (Å²) in [5.41, 5.74) is 4.46. The largest absolute Gasteiger partial charge is 0.324 e. The molecule has 110 valence electrons. The van der Waals surface area contributed by atoms with Crippen LogP contribution in [0.25, 0.3) is 10.9 Å². The number of hydrogen-bond acceptors (Lipinski definition) is 6. The first-order chi connectivity index (χ1) is 10.6. The maximum absolute atomic E-state index is 10.6. The lowest BCUT2D eigenvalue weighted by Crippen LogP contribution is -1.92. The van der Waals surface area contributed by atoms with Crippen LogP contribution in [0.1, 0.15) is 4.88 Å². The first kappa shape index (κ1) is 14.4. The SMILES string of the molecule is O=[N+]([O-])c1ccc(/C=N/Nc2ccnc3cc(Cl)ccc23)s1. The van der Waals surface area contributed by atoms with Crippen molar-refractivity contribution in [1.29, 1.82) is 0 Å². The van der Waals surface area contributed by atoms with Crippen LogP contribution in [0.4, 0.5) is 10.7 Å². The van der Waals surface area contributed by atoms with E-state index in [1.165, 1.54) is 6.07 Å². The molecule has 1 aromatic carbocycles. The Morgan fingerprint density at radius 2 is 2.18 bits per heavy atom. The van der Waals surface area contributed by atoms with Gasteiger partial charge >= 0.3 is 5.00 Å². The van der Waals surface area contributed by atoms with Crippen LogP contribution in [0, 0.1) is 10.1 Å². The van der Waals surface area contributed by atoms with E-state index in [0.717, 1.165) is 27.9 Å². The fraction of sp³-hybridized carbons (Fsp3) is 0. The molecule has 0 spiro atoms. The number of halogens is 1. The summed E-state index contributed by atoms with van der Waals surface area (Å²) >= 11 is 7.00. The van der Waals surface area contributed by atoms with Crippen molar-refractivity contribution in [3.63, 3.8) is 0 Å². The molecule has 0 aliphatic heterocycles. The highest BCUT2D eigenvalue weighted by molar-refractivity contribution is 7.16. The van der Waals surface area contributed by atoms with Crippen LogP contribution in [0.2, 0.25) is 5.02 Å². The van der Waals surface area contributed by atoms with Gasteiger partial charge in [0.1, 0.15) is 0 Å². The second kappa shape index (κ2) is 6.08. The van der Waals surface area contributed by atoms with Gasteiger partial charge in [-0.05, 0) is 30.3 Å². The summed E-state index contributed by atoms with van der Waals surface area (Å²) in [6.07, 6.45) is 3.20. The molecule has 0 fully saturated rings. The monoisotopic (exact) mass is 332 g/mol. The summed E-state index contributed by atoms with van der Waals surface area (Å²) < 4.78 is 0. The summed E-state index contributed by atoms with van der Waals surface area (Å²) in [4.78, 5) is 15.1. The molecule has 0 radical (unpaired) electrons. The molecule has 3 rings (SSSR count). The predicted octanol–water partition coefficient (Wildman–Crippen LogP) is 4.30. The van der Waals surface area contributed by atoms with Crippen molar-refractivity contribution in [2.24, 2.45) is 5.10 Å². The minimum absolute atomic E-state index is 0.0884. The molecule has 22 heavy (non-hydrogen) atoms. The highest BCUT2D eigenvalue weighted by Crippen LogP contribution is 2.25. The van der Waals surface area contributed by atoms with Gasteiger partial charge in [0.25, 0.3) is 0 Å². The molecule has 0 atom stereocenters. The fourth-order valence-electron chi connectivity index (χ4n) is 1.89. The number of hydrogen-bond donors (Lipinski definition) is 1. The molecular weight excluding hydrogens is 324 g/mol. The zero-order chi connectivity index (χ0) is 15.5. The van der Waals surface area contributed by atoms with E-state index in [1.807, 2.05) is 6.07 Å². The van der Waals surface area contributed by atoms with Gasteiger partial charge in [0, 0.05) is 22.7 Å². The van der Waals surface area contributed by atoms with Gasteiger partial charge in [0.15, 0.2) is 0 Å².